The fraction of sp³-hybridized carbons (Fsp3) is 0.562. The van der Waals surface area contributed by atoms with Crippen LogP contribution < -0.4 is 10.5 Å². The molecule has 0 bridgehead atoms. The Morgan fingerprint density at radius 1 is 1.43 bits per heavy atom. The molecule has 1 aliphatic heterocycles. The molecule has 2 aromatic rings. The van der Waals surface area contributed by atoms with E-state index in [2.05, 4.69) is 33.1 Å². The fourth-order valence-electron chi connectivity index (χ4n) is 3.02. The summed E-state index contributed by atoms with van der Waals surface area (Å²) in [5.74, 6) is 0.937. The molecule has 1 fully saturated rings. The highest BCUT2D eigenvalue weighted by Gasteiger charge is 2.26. The number of nitrogens with zero attached hydrogens (tertiary/aromatic N) is 5. The van der Waals surface area contributed by atoms with Gasteiger partial charge in [0.25, 0.3) is 5.56 Å². The van der Waals surface area contributed by atoms with Crippen LogP contribution in [0, 0.1) is 0 Å². The van der Waals surface area contributed by atoms with Crippen LogP contribution in [0.25, 0.3) is 0 Å². The lowest BCUT2D eigenvalue weighted by Crippen LogP contribution is -2.22. The number of likely N-dealkylation sites (tertiary alicyclic amines) is 1. The summed E-state index contributed by atoms with van der Waals surface area (Å²) in [5, 5.41) is 4.32. The van der Waals surface area contributed by atoms with E-state index in [0.29, 0.717) is 11.9 Å². The van der Waals surface area contributed by atoms with Crippen molar-refractivity contribution >= 4 is 5.95 Å². The molecule has 1 aliphatic rings. The van der Waals surface area contributed by atoms with Crippen molar-refractivity contribution in [2.75, 3.05) is 32.1 Å². The lowest BCUT2D eigenvalue weighted by molar-refractivity contribution is 0.326. The Labute approximate surface area is 135 Å². The normalized spacial score (nSPS) is 18.5. The Hall–Kier alpha value is -2.15. The number of aromatic amines is 1. The molecule has 0 spiro atoms. The van der Waals surface area contributed by atoms with Gasteiger partial charge in [-0.25, -0.2) is 4.98 Å². The maximum absolute atomic E-state index is 11.8. The summed E-state index contributed by atoms with van der Waals surface area (Å²) >= 11 is 0. The van der Waals surface area contributed by atoms with E-state index in [4.69, 9.17) is 0 Å². The maximum Gasteiger partial charge on any atom is 0.252 e. The van der Waals surface area contributed by atoms with Gasteiger partial charge in [-0.05, 0) is 19.9 Å². The molecule has 23 heavy (non-hydrogen) atoms. The highest BCUT2D eigenvalue weighted by atomic mass is 16.1. The maximum atomic E-state index is 11.8. The van der Waals surface area contributed by atoms with Crippen molar-refractivity contribution in [2.45, 2.75) is 32.4 Å². The fourth-order valence-corrected chi connectivity index (χ4v) is 3.02. The Balaban J connectivity index is 1.68. The number of hydrogen-bond acceptors (Lipinski definition) is 5. The molecule has 1 atom stereocenters. The summed E-state index contributed by atoms with van der Waals surface area (Å²) in [6.45, 7) is 5.84. The molecule has 0 radical (unpaired) electrons. The minimum atomic E-state index is -0.0821. The second kappa shape index (κ2) is 6.54. The van der Waals surface area contributed by atoms with Crippen molar-refractivity contribution < 1.29 is 0 Å². The van der Waals surface area contributed by atoms with Gasteiger partial charge in [0.15, 0.2) is 0 Å². The molecule has 7 nitrogen and oxygen atoms in total. The van der Waals surface area contributed by atoms with E-state index in [1.54, 1.807) is 6.07 Å². The summed E-state index contributed by atoms with van der Waals surface area (Å²) in [6.07, 6.45) is 5.07. The van der Waals surface area contributed by atoms with Crippen LogP contribution in [0.5, 0.6) is 0 Å². The first-order valence-corrected chi connectivity index (χ1v) is 8.07. The minimum Gasteiger partial charge on any atom is -0.348 e. The second-order valence-corrected chi connectivity index (χ2v) is 6.31. The van der Waals surface area contributed by atoms with Crippen LogP contribution in [0.1, 0.15) is 30.5 Å². The van der Waals surface area contributed by atoms with Crippen LogP contribution in [-0.4, -0.2) is 51.8 Å². The van der Waals surface area contributed by atoms with Gasteiger partial charge >= 0.3 is 0 Å². The van der Waals surface area contributed by atoms with E-state index < -0.39 is 0 Å². The summed E-state index contributed by atoms with van der Waals surface area (Å²) in [5.41, 5.74) is 2.05. The van der Waals surface area contributed by atoms with Gasteiger partial charge < -0.3 is 4.90 Å². The molecule has 3 rings (SSSR count). The molecule has 0 aromatic carbocycles. The van der Waals surface area contributed by atoms with Crippen molar-refractivity contribution in [3.63, 3.8) is 0 Å². The summed E-state index contributed by atoms with van der Waals surface area (Å²) in [6, 6.07) is 1.64. The van der Waals surface area contributed by atoms with Crippen LogP contribution in [-0.2, 0) is 13.1 Å². The van der Waals surface area contributed by atoms with Crippen LogP contribution in [0.2, 0.25) is 0 Å². The number of nitrogens with one attached hydrogen (secondary N) is 1. The average molecular weight is 316 g/mol. The van der Waals surface area contributed by atoms with Gasteiger partial charge in [0.1, 0.15) is 0 Å². The van der Waals surface area contributed by atoms with E-state index in [1.165, 1.54) is 5.56 Å². The van der Waals surface area contributed by atoms with Gasteiger partial charge in [0.2, 0.25) is 5.95 Å². The summed E-state index contributed by atoms with van der Waals surface area (Å²) < 4.78 is 1.95. The van der Waals surface area contributed by atoms with E-state index in [-0.39, 0.29) is 5.56 Å². The Bertz CT molecular complexity index is 719. The third kappa shape index (κ3) is 3.61. The SMILES string of the molecule is CCn1cc(CN2CCC(c3cc(=O)[nH]c(N(C)C)n3)C2)cn1. The Morgan fingerprint density at radius 3 is 2.96 bits per heavy atom. The number of hydrogen-bond donors (Lipinski definition) is 1. The number of aromatic nitrogens is 4. The molecule has 1 saturated heterocycles. The average Bonchev–Trinajstić information content (AvgIpc) is 3.16. The molecule has 7 heteroatoms. The van der Waals surface area contributed by atoms with Crippen LogP contribution in [0.4, 0.5) is 5.95 Å². The van der Waals surface area contributed by atoms with Crippen LogP contribution in [0.15, 0.2) is 23.3 Å². The van der Waals surface area contributed by atoms with Crippen molar-refractivity contribution in [2.24, 2.45) is 0 Å². The zero-order chi connectivity index (χ0) is 16.4. The first-order chi connectivity index (χ1) is 11.0. The molecule has 1 unspecified atom stereocenters. The smallest absolute Gasteiger partial charge is 0.252 e. The van der Waals surface area contributed by atoms with E-state index in [0.717, 1.165) is 38.3 Å². The van der Waals surface area contributed by atoms with E-state index >= 15 is 0 Å². The molecular formula is C16H24N6O. The van der Waals surface area contributed by atoms with Crippen molar-refractivity contribution in [1.29, 1.82) is 0 Å². The van der Waals surface area contributed by atoms with Crippen molar-refractivity contribution in [3.8, 4) is 0 Å². The quantitative estimate of drug-likeness (QED) is 0.892. The van der Waals surface area contributed by atoms with E-state index in [1.807, 2.05) is 29.9 Å². The van der Waals surface area contributed by atoms with Crippen molar-refractivity contribution in [1.82, 2.24) is 24.6 Å². The molecule has 0 amide bonds. The predicted octanol–water partition coefficient (Wildman–Crippen LogP) is 1.04. The molecular weight excluding hydrogens is 292 g/mol. The largest absolute Gasteiger partial charge is 0.348 e. The molecule has 3 heterocycles. The molecule has 1 N–H and O–H groups in total. The van der Waals surface area contributed by atoms with Crippen LogP contribution in [0.3, 0.4) is 0 Å². The standard InChI is InChI=1S/C16H24N6O/c1-4-22-10-12(8-17-22)9-21-6-5-13(11-21)14-7-15(23)19-16(18-14)20(2)3/h7-8,10,13H,4-6,9,11H2,1-3H3,(H,18,19,23). The van der Waals surface area contributed by atoms with Gasteiger partial charge in [-0.2, -0.15) is 5.10 Å². The van der Waals surface area contributed by atoms with Gasteiger partial charge in [0, 0.05) is 57.5 Å². The zero-order valence-corrected chi connectivity index (χ0v) is 14.0. The number of H-pyrrole nitrogens is 1. The lowest BCUT2D eigenvalue weighted by Gasteiger charge is -2.16. The first-order valence-electron chi connectivity index (χ1n) is 8.07. The monoisotopic (exact) mass is 316 g/mol. The van der Waals surface area contributed by atoms with E-state index in [9.17, 15) is 4.79 Å². The molecule has 124 valence electrons. The van der Waals surface area contributed by atoms with Crippen LogP contribution >= 0.6 is 0 Å². The van der Waals surface area contributed by atoms with Gasteiger partial charge in [-0.15, -0.1) is 0 Å². The highest BCUT2D eigenvalue weighted by Crippen LogP contribution is 2.26. The summed E-state index contributed by atoms with van der Waals surface area (Å²) in [7, 11) is 3.77. The third-order valence-electron chi connectivity index (χ3n) is 4.28. The van der Waals surface area contributed by atoms with Crippen molar-refractivity contribution in [3.05, 3.63) is 40.1 Å². The van der Waals surface area contributed by atoms with Gasteiger partial charge in [-0.1, -0.05) is 0 Å². The Kier molecular flexibility index (Phi) is 4.47. The highest BCUT2D eigenvalue weighted by molar-refractivity contribution is 5.28. The molecule has 0 aliphatic carbocycles. The topological polar surface area (TPSA) is 70.1 Å². The lowest BCUT2D eigenvalue weighted by atomic mass is 10.1. The number of aryl methyl sites for hydroxylation is 1. The minimum absolute atomic E-state index is 0.0821. The predicted molar refractivity (Wildman–Crippen MR) is 89.7 cm³/mol. The number of anilines is 1. The zero-order valence-electron chi connectivity index (χ0n) is 14.0. The van der Waals surface area contributed by atoms with Gasteiger partial charge in [-0.3, -0.25) is 19.4 Å². The molecule has 2 aromatic heterocycles. The molecule has 0 saturated carbocycles. The number of rotatable bonds is 5. The van der Waals surface area contributed by atoms with Gasteiger partial charge in [0.05, 0.1) is 11.9 Å². The first kappa shape index (κ1) is 15.7. The Morgan fingerprint density at radius 2 is 2.26 bits per heavy atom. The second-order valence-electron chi connectivity index (χ2n) is 6.31. The summed E-state index contributed by atoms with van der Waals surface area (Å²) in [4.78, 5) is 23.4. The third-order valence-corrected chi connectivity index (χ3v) is 4.28.